The summed E-state index contributed by atoms with van der Waals surface area (Å²) in [5.74, 6) is 0. The molecule has 0 saturated heterocycles. The molecule has 0 aliphatic carbocycles. The SMILES string of the molecule is COCCn1c(C)c(C)c2cc(Br)ccc21. The summed E-state index contributed by atoms with van der Waals surface area (Å²) in [7, 11) is 1.74. The highest BCUT2D eigenvalue weighted by molar-refractivity contribution is 9.10. The Hall–Kier alpha value is -0.800. The van der Waals surface area contributed by atoms with Crippen molar-refractivity contribution in [1.82, 2.24) is 4.57 Å². The van der Waals surface area contributed by atoms with Crippen LogP contribution in [0.25, 0.3) is 10.9 Å². The maximum absolute atomic E-state index is 5.15. The van der Waals surface area contributed by atoms with Gasteiger partial charge in [-0.1, -0.05) is 15.9 Å². The largest absolute Gasteiger partial charge is 0.383 e. The Bertz CT molecular complexity index is 516. The van der Waals surface area contributed by atoms with Gasteiger partial charge in [-0.2, -0.15) is 0 Å². The zero-order valence-electron chi connectivity index (χ0n) is 9.88. The van der Waals surface area contributed by atoms with Crippen molar-refractivity contribution in [3.63, 3.8) is 0 Å². The summed E-state index contributed by atoms with van der Waals surface area (Å²) in [4.78, 5) is 0. The Labute approximate surface area is 104 Å². The van der Waals surface area contributed by atoms with Crippen LogP contribution >= 0.6 is 15.9 Å². The van der Waals surface area contributed by atoms with Gasteiger partial charge in [-0.3, -0.25) is 0 Å². The number of halogens is 1. The molecule has 0 spiro atoms. The average Bonchev–Trinajstić information content (AvgIpc) is 2.50. The first kappa shape index (κ1) is 11.7. The number of hydrogen-bond acceptors (Lipinski definition) is 1. The van der Waals surface area contributed by atoms with Crippen LogP contribution in [0.5, 0.6) is 0 Å². The third-order valence-corrected chi connectivity index (χ3v) is 3.61. The molecule has 2 rings (SSSR count). The summed E-state index contributed by atoms with van der Waals surface area (Å²) in [6.07, 6.45) is 0. The maximum atomic E-state index is 5.15. The van der Waals surface area contributed by atoms with Gasteiger partial charge in [0.2, 0.25) is 0 Å². The third kappa shape index (κ3) is 1.89. The van der Waals surface area contributed by atoms with Gasteiger partial charge in [-0.15, -0.1) is 0 Å². The van der Waals surface area contributed by atoms with E-state index < -0.39 is 0 Å². The van der Waals surface area contributed by atoms with E-state index in [0.717, 1.165) is 17.6 Å². The number of ether oxygens (including phenoxy) is 1. The van der Waals surface area contributed by atoms with Crippen molar-refractivity contribution in [3.05, 3.63) is 33.9 Å². The minimum atomic E-state index is 0.750. The number of nitrogens with zero attached hydrogens (tertiary/aromatic N) is 1. The fraction of sp³-hybridized carbons (Fsp3) is 0.385. The topological polar surface area (TPSA) is 14.2 Å². The summed E-state index contributed by atoms with van der Waals surface area (Å²) in [6, 6.07) is 6.43. The fourth-order valence-corrected chi connectivity index (χ4v) is 2.45. The number of benzene rings is 1. The van der Waals surface area contributed by atoms with Crippen LogP contribution < -0.4 is 0 Å². The molecule has 0 amide bonds. The molecular formula is C13H16BrNO. The Balaban J connectivity index is 2.59. The number of rotatable bonds is 3. The Morgan fingerprint density at radius 2 is 2.06 bits per heavy atom. The molecule has 2 nitrogen and oxygen atoms in total. The number of fused-ring (bicyclic) bond motifs is 1. The molecule has 0 atom stereocenters. The van der Waals surface area contributed by atoms with Gasteiger partial charge in [0, 0.05) is 34.7 Å². The Morgan fingerprint density at radius 3 is 2.75 bits per heavy atom. The average molecular weight is 282 g/mol. The fourth-order valence-electron chi connectivity index (χ4n) is 2.09. The lowest BCUT2D eigenvalue weighted by molar-refractivity contribution is 0.188. The molecule has 0 bridgehead atoms. The molecule has 2 aromatic rings. The van der Waals surface area contributed by atoms with Gasteiger partial charge in [0.25, 0.3) is 0 Å². The van der Waals surface area contributed by atoms with Gasteiger partial charge in [0.05, 0.1) is 6.61 Å². The van der Waals surface area contributed by atoms with E-state index in [2.05, 4.69) is 52.5 Å². The van der Waals surface area contributed by atoms with Crippen LogP contribution in [-0.4, -0.2) is 18.3 Å². The monoisotopic (exact) mass is 281 g/mol. The molecule has 0 N–H and O–H groups in total. The number of aromatic nitrogens is 1. The highest BCUT2D eigenvalue weighted by atomic mass is 79.9. The third-order valence-electron chi connectivity index (χ3n) is 3.12. The van der Waals surface area contributed by atoms with Crippen LogP contribution in [0.15, 0.2) is 22.7 Å². The second kappa shape index (κ2) is 4.60. The second-order valence-corrected chi connectivity index (χ2v) is 4.93. The zero-order chi connectivity index (χ0) is 11.7. The summed E-state index contributed by atoms with van der Waals surface area (Å²) in [6.45, 7) is 6.00. The van der Waals surface area contributed by atoms with E-state index in [0.29, 0.717) is 0 Å². The number of hydrogen-bond donors (Lipinski definition) is 0. The van der Waals surface area contributed by atoms with Crippen LogP contribution in [0.2, 0.25) is 0 Å². The Morgan fingerprint density at radius 1 is 1.31 bits per heavy atom. The molecule has 0 fully saturated rings. The van der Waals surface area contributed by atoms with Crippen molar-refractivity contribution in [2.24, 2.45) is 0 Å². The van der Waals surface area contributed by atoms with E-state index in [1.165, 1.54) is 22.2 Å². The van der Waals surface area contributed by atoms with E-state index in [9.17, 15) is 0 Å². The molecule has 0 aliphatic rings. The molecule has 0 radical (unpaired) electrons. The zero-order valence-corrected chi connectivity index (χ0v) is 11.5. The number of aryl methyl sites for hydroxylation is 1. The quantitative estimate of drug-likeness (QED) is 0.838. The van der Waals surface area contributed by atoms with E-state index in [4.69, 9.17) is 4.74 Å². The molecule has 1 aromatic carbocycles. The molecule has 1 aromatic heterocycles. The maximum Gasteiger partial charge on any atom is 0.0642 e. The molecular weight excluding hydrogens is 266 g/mol. The van der Waals surface area contributed by atoms with E-state index in [-0.39, 0.29) is 0 Å². The lowest BCUT2D eigenvalue weighted by Crippen LogP contribution is -2.05. The smallest absolute Gasteiger partial charge is 0.0642 e. The van der Waals surface area contributed by atoms with Crippen molar-refractivity contribution >= 4 is 26.8 Å². The molecule has 0 saturated carbocycles. The molecule has 86 valence electrons. The van der Waals surface area contributed by atoms with Gasteiger partial charge >= 0.3 is 0 Å². The highest BCUT2D eigenvalue weighted by Crippen LogP contribution is 2.27. The van der Waals surface area contributed by atoms with Crippen LogP contribution in [0.4, 0.5) is 0 Å². The normalized spacial score (nSPS) is 11.2. The molecule has 0 aliphatic heterocycles. The lowest BCUT2D eigenvalue weighted by atomic mass is 10.2. The van der Waals surface area contributed by atoms with E-state index in [1.807, 2.05) is 0 Å². The number of methoxy groups -OCH3 is 1. The molecule has 1 heterocycles. The second-order valence-electron chi connectivity index (χ2n) is 4.02. The van der Waals surface area contributed by atoms with Crippen molar-refractivity contribution < 1.29 is 4.74 Å². The standard InChI is InChI=1S/C13H16BrNO/c1-9-10(2)15(6-7-16-3)13-5-4-11(14)8-12(9)13/h4-5,8H,6-7H2,1-3H3. The van der Waals surface area contributed by atoms with Crippen LogP contribution in [0.3, 0.4) is 0 Å². The minimum Gasteiger partial charge on any atom is -0.383 e. The van der Waals surface area contributed by atoms with Crippen molar-refractivity contribution in [2.75, 3.05) is 13.7 Å². The van der Waals surface area contributed by atoms with Crippen LogP contribution in [-0.2, 0) is 11.3 Å². The van der Waals surface area contributed by atoms with Gasteiger partial charge in [0.15, 0.2) is 0 Å². The molecule has 0 unspecified atom stereocenters. The van der Waals surface area contributed by atoms with Crippen molar-refractivity contribution in [1.29, 1.82) is 0 Å². The predicted octanol–water partition coefficient (Wildman–Crippen LogP) is 3.67. The van der Waals surface area contributed by atoms with Gasteiger partial charge in [-0.05, 0) is 37.6 Å². The first-order valence-electron chi connectivity index (χ1n) is 5.39. The van der Waals surface area contributed by atoms with Gasteiger partial charge < -0.3 is 9.30 Å². The van der Waals surface area contributed by atoms with Gasteiger partial charge in [0.1, 0.15) is 0 Å². The summed E-state index contributed by atoms with van der Waals surface area (Å²) in [5.41, 5.74) is 3.97. The summed E-state index contributed by atoms with van der Waals surface area (Å²) < 4.78 is 8.60. The summed E-state index contributed by atoms with van der Waals surface area (Å²) >= 11 is 3.52. The van der Waals surface area contributed by atoms with E-state index in [1.54, 1.807) is 7.11 Å². The first-order valence-corrected chi connectivity index (χ1v) is 6.18. The Kier molecular flexibility index (Phi) is 3.36. The highest BCUT2D eigenvalue weighted by Gasteiger charge is 2.10. The molecule has 16 heavy (non-hydrogen) atoms. The summed E-state index contributed by atoms with van der Waals surface area (Å²) in [5, 5.41) is 1.32. The first-order chi connectivity index (χ1) is 7.65. The van der Waals surface area contributed by atoms with Crippen LogP contribution in [0.1, 0.15) is 11.3 Å². The van der Waals surface area contributed by atoms with Crippen molar-refractivity contribution in [3.8, 4) is 0 Å². The predicted molar refractivity (Wildman–Crippen MR) is 71.0 cm³/mol. The van der Waals surface area contributed by atoms with Crippen molar-refractivity contribution in [2.45, 2.75) is 20.4 Å². The van der Waals surface area contributed by atoms with Crippen LogP contribution in [0, 0.1) is 13.8 Å². The lowest BCUT2D eigenvalue weighted by Gasteiger charge is -2.07. The van der Waals surface area contributed by atoms with E-state index >= 15 is 0 Å². The minimum absolute atomic E-state index is 0.750. The van der Waals surface area contributed by atoms with Gasteiger partial charge in [-0.25, -0.2) is 0 Å². The molecule has 3 heteroatoms.